The number of rotatable bonds is 6. The van der Waals surface area contributed by atoms with E-state index in [4.69, 9.17) is 4.74 Å². The van der Waals surface area contributed by atoms with Gasteiger partial charge in [-0.1, -0.05) is 30.3 Å². The number of amides is 2. The largest absolute Gasteiger partial charge is 0.425 e. The number of hydrogen-bond donors (Lipinski definition) is 0. The van der Waals surface area contributed by atoms with Crippen LogP contribution < -0.4 is 4.74 Å². The quantitative estimate of drug-likeness (QED) is 0.453. The molecule has 3 rings (SSSR count). The molecule has 2 aromatic rings. The van der Waals surface area contributed by atoms with E-state index in [0.717, 1.165) is 4.90 Å². The Morgan fingerprint density at radius 3 is 2.12 bits per heavy atom. The summed E-state index contributed by atoms with van der Waals surface area (Å²) in [5.41, 5.74) is 0.656. The molecule has 5 nitrogen and oxygen atoms in total. The van der Waals surface area contributed by atoms with Crippen molar-refractivity contribution in [3.63, 3.8) is 0 Å². The Morgan fingerprint density at radius 2 is 1.56 bits per heavy atom. The molecule has 0 fully saturated rings. The summed E-state index contributed by atoms with van der Waals surface area (Å²) in [4.78, 5) is 39.0. The maximum absolute atomic E-state index is 12.7. The van der Waals surface area contributed by atoms with Crippen molar-refractivity contribution < 1.29 is 19.1 Å². The molecule has 25 heavy (non-hydrogen) atoms. The number of carbonyl (C=O) groups excluding carboxylic acids is 3. The number of ether oxygens (including phenoxy) is 1. The molecule has 6 heteroatoms. The summed E-state index contributed by atoms with van der Waals surface area (Å²) in [5, 5.41) is 0. The Kier molecular flexibility index (Phi) is 5.19. The van der Waals surface area contributed by atoms with E-state index in [-0.39, 0.29) is 0 Å². The SMILES string of the molecule is CSCC[C@@H](C(=O)Oc1ccccc1)N1C(=O)c2ccccc2C1=O. The Balaban J connectivity index is 1.87. The zero-order chi connectivity index (χ0) is 17.8. The van der Waals surface area contributed by atoms with Crippen LogP contribution >= 0.6 is 11.8 Å². The van der Waals surface area contributed by atoms with Crippen molar-refractivity contribution >= 4 is 29.5 Å². The molecule has 1 aliphatic rings. The van der Waals surface area contributed by atoms with Crippen molar-refractivity contribution in [2.75, 3.05) is 12.0 Å². The van der Waals surface area contributed by atoms with E-state index in [1.54, 1.807) is 60.3 Å². The summed E-state index contributed by atoms with van der Waals surface area (Å²) >= 11 is 1.54. The van der Waals surface area contributed by atoms with Crippen molar-refractivity contribution in [2.24, 2.45) is 0 Å². The average molecular weight is 355 g/mol. The lowest BCUT2D eigenvalue weighted by Crippen LogP contribution is -2.47. The molecule has 2 amide bonds. The van der Waals surface area contributed by atoms with Crippen molar-refractivity contribution in [3.05, 3.63) is 65.7 Å². The summed E-state index contributed by atoms with van der Waals surface area (Å²) in [7, 11) is 0. The van der Waals surface area contributed by atoms with E-state index in [0.29, 0.717) is 29.1 Å². The van der Waals surface area contributed by atoms with Crippen LogP contribution in [-0.2, 0) is 4.79 Å². The minimum absolute atomic E-state index is 0.328. The molecule has 0 spiro atoms. The molecule has 128 valence electrons. The number of benzene rings is 2. The first kappa shape index (κ1) is 17.2. The van der Waals surface area contributed by atoms with E-state index in [2.05, 4.69) is 0 Å². The standard InChI is InChI=1S/C19H17NO4S/c1-25-12-11-16(19(23)24-13-7-3-2-4-8-13)20-17(21)14-9-5-6-10-15(14)18(20)22/h2-10,16H,11-12H2,1H3/t16-/m0/s1. The van der Waals surface area contributed by atoms with Gasteiger partial charge in [0.2, 0.25) is 0 Å². The third-order valence-corrected chi connectivity index (χ3v) is 4.61. The first-order chi connectivity index (χ1) is 12.1. The lowest BCUT2D eigenvalue weighted by molar-refractivity contribution is -0.138. The van der Waals surface area contributed by atoms with Crippen molar-refractivity contribution in [3.8, 4) is 5.75 Å². The molecule has 0 bridgehead atoms. The molecule has 0 radical (unpaired) electrons. The van der Waals surface area contributed by atoms with Gasteiger partial charge in [0.05, 0.1) is 11.1 Å². The topological polar surface area (TPSA) is 63.7 Å². The molecule has 0 saturated carbocycles. The second-order valence-electron chi connectivity index (χ2n) is 5.56. The van der Waals surface area contributed by atoms with Gasteiger partial charge in [-0.2, -0.15) is 11.8 Å². The highest BCUT2D eigenvalue weighted by Gasteiger charge is 2.43. The monoisotopic (exact) mass is 355 g/mol. The predicted octanol–water partition coefficient (Wildman–Crippen LogP) is 3.01. The smallest absolute Gasteiger partial charge is 0.334 e. The van der Waals surface area contributed by atoms with Crippen molar-refractivity contribution in [1.82, 2.24) is 4.90 Å². The lowest BCUT2D eigenvalue weighted by atomic mass is 10.1. The van der Waals surface area contributed by atoms with Crippen molar-refractivity contribution in [2.45, 2.75) is 12.5 Å². The minimum atomic E-state index is -0.944. The second-order valence-corrected chi connectivity index (χ2v) is 6.54. The van der Waals surface area contributed by atoms with Gasteiger partial charge in [0.25, 0.3) is 11.8 Å². The van der Waals surface area contributed by atoms with Gasteiger partial charge in [0.1, 0.15) is 11.8 Å². The molecule has 0 saturated heterocycles. The van der Waals surface area contributed by atoms with E-state index >= 15 is 0 Å². The number of para-hydroxylation sites is 1. The summed E-state index contributed by atoms with van der Waals surface area (Å²) in [5.74, 6) is -0.483. The fourth-order valence-electron chi connectivity index (χ4n) is 2.75. The van der Waals surface area contributed by atoms with Crippen LogP contribution in [-0.4, -0.2) is 40.7 Å². The summed E-state index contributed by atoms with van der Waals surface area (Å²) in [6, 6.07) is 14.3. The van der Waals surface area contributed by atoms with Gasteiger partial charge in [0.15, 0.2) is 0 Å². The molecular weight excluding hydrogens is 338 g/mol. The molecule has 0 N–H and O–H groups in total. The van der Waals surface area contributed by atoms with E-state index < -0.39 is 23.8 Å². The number of carbonyl (C=O) groups is 3. The highest BCUT2D eigenvalue weighted by Crippen LogP contribution is 2.27. The Morgan fingerprint density at radius 1 is 1.00 bits per heavy atom. The Bertz CT molecular complexity index is 771. The van der Waals surface area contributed by atoms with Gasteiger partial charge in [0, 0.05) is 0 Å². The summed E-state index contributed by atoms with van der Waals surface area (Å²) < 4.78 is 5.39. The normalized spacial score (nSPS) is 14.4. The first-order valence-corrected chi connectivity index (χ1v) is 9.25. The molecular formula is C19H17NO4S. The third-order valence-electron chi connectivity index (χ3n) is 3.97. The van der Waals surface area contributed by atoms with Crippen LogP contribution in [0.1, 0.15) is 27.1 Å². The molecule has 0 unspecified atom stereocenters. The fourth-order valence-corrected chi connectivity index (χ4v) is 3.20. The highest BCUT2D eigenvalue weighted by atomic mass is 32.2. The van der Waals surface area contributed by atoms with E-state index in [9.17, 15) is 14.4 Å². The zero-order valence-electron chi connectivity index (χ0n) is 13.7. The van der Waals surface area contributed by atoms with Gasteiger partial charge in [-0.25, -0.2) is 4.79 Å². The van der Waals surface area contributed by atoms with Crippen molar-refractivity contribution in [1.29, 1.82) is 0 Å². The van der Waals surface area contributed by atoms with Gasteiger partial charge < -0.3 is 4.74 Å². The van der Waals surface area contributed by atoms with Crippen LogP contribution in [0.3, 0.4) is 0 Å². The maximum Gasteiger partial charge on any atom is 0.334 e. The number of thioether (sulfide) groups is 1. The number of hydrogen-bond acceptors (Lipinski definition) is 5. The highest BCUT2D eigenvalue weighted by molar-refractivity contribution is 7.98. The van der Waals surface area contributed by atoms with Crippen LogP contribution in [0.5, 0.6) is 5.75 Å². The van der Waals surface area contributed by atoms with Crippen LogP contribution in [0.4, 0.5) is 0 Å². The second kappa shape index (κ2) is 7.53. The number of nitrogens with zero attached hydrogens (tertiary/aromatic N) is 1. The predicted molar refractivity (Wildman–Crippen MR) is 95.8 cm³/mol. The number of imide groups is 1. The van der Waals surface area contributed by atoms with Crippen LogP contribution in [0.15, 0.2) is 54.6 Å². The maximum atomic E-state index is 12.7. The first-order valence-electron chi connectivity index (χ1n) is 7.86. The van der Waals surface area contributed by atoms with Gasteiger partial charge in [-0.15, -0.1) is 0 Å². The van der Waals surface area contributed by atoms with Crippen LogP contribution in [0.25, 0.3) is 0 Å². The van der Waals surface area contributed by atoms with Gasteiger partial charge in [-0.05, 0) is 42.7 Å². The van der Waals surface area contributed by atoms with E-state index in [1.165, 1.54) is 0 Å². The third kappa shape index (κ3) is 3.44. The average Bonchev–Trinajstić information content (AvgIpc) is 2.88. The minimum Gasteiger partial charge on any atom is -0.425 e. The summed E-state index contributed by atoms with van der Waals surface area (Å²) in [6.07, 6.45) is 2.25. The van der Waals surface area contributed by atoms with Crippen LogP contribution in [0, 0.1) is 0 Å². The van der Waals surface area contributed by atoms with Crippen LogP contribution in [0.2, 0.25) is 0 Å². The van der Waals surface area contributed by atoms with E-state index in [1.807, 2.05) is 12.3 Å². The summed E-state index contributed by atoms with van der Waals surface area (Å²) in [6.45, 7) is 0. The molecule has 1 heterocycles. The number of fused-ring (bicyclic) bond motifs is 1. The molecule has 1 atom stereocenters. The van der Waals surface area contributed by atoms with Gasteiger partial charge >= 0.3 is 5.97 Å². The zero-order valence-corrected chi connectivity index (χ0v) is 14.5. The number of esters is 1. The Hall–Kier alpha value is -2.60. The fraction of sp³-hybridized carbons (Fsp3) is 0.211. The Labute approximate surface area is 150 Å². The molecule has 1 aliphatic heterocycles. The van der Waals surface area contributed by atoms with Gasteiger partial charge in [-0.3, -0.25) is 14.5 Å². The molecule has 0 aromatic heterocycles. The molecule has 0 aliphatic carbocycles. The molecule has 2 aromatic carbocycles. The lowest BCUT2D eigenvalue weighted by Gasteiger charge is -2.24.